The molecule has 0 bridgehead atoms. The van der Waals surface area contributed by atoms with Crippen molar-refractivity contribution in [2.45, 2.75) is 25.3 Å². The summed E-state index contributed by atoms with van der Waals surface area (Å²) >= 11 is 0. The van der Waals surface area contributed by atoms with Crippen molar-refractivity contribution >= 4 is 23.0 Å². The highest BCUT2D eigenvalue weighted by Crippen LogP contribution is 2.51. The highest BCUT2D eigenvalue weighted by molar-refractivity contribution is 6.04. The summed E-state index contributed by atoms with van der Waals surface area (Å²) in [7, 11) is 0. The maximum Gasteiger partial charge on any atom is 0.270 e. The van der Waals surface area contributed by atoms with Crippen LogP contribution in [0.15, 0.2) is 72.8 Å². The van der Waals surface area contributed by atoms with E-state index >= 15 is 0 Å². The maximum absolute atomic E-state index is 12.7. The Balaban J connectivity index is 1.46. The zero-order valence-electron chi connectivity index (χ0n) is 18.0. The van der Waals surface area contributed by atoms with Gasteiger partial charge in [-0.15, -0.1) is 0 Å². The summed E-state index contributed by atoms with van der Waals surface area (Å²) in [5.74, 6) is 0.0310. The lowest BCUT2D eigenvalue weighted by molar-refractivity contribution is -0.385. The number of non-ortho nitro benzene ring substituents is 1. The first-order valence-corrected chi connectivity index (χ1v) is 10.8. The molecule has 0 fully saturated rings. The minimum atomic E-state index is -0.451. The monoisotopic (exact) mass is 441 g/mol. The van der Waals surface area contributed by atoms with Gasteiger partial charge >= 0.3 is 0 Å². The highest BCUT2D eigenvalue weighted by Gasteiger charge is 2.39. The Morgan fingerprint density at radius 3 is 2.76 bits per heavy atom. The lowest BCUT2D eigenvalue weighted by Crippen LogP contribution is -2.29. The van der Waals surface area contributed by atoms with Crippen molar-refractivity contribution in [3.63, 3.8) is 0 Å². The molecule has 3 aromatic carbocycles. The molecule has 0 saturated carbocycles. The molecular formula is C26H23N3O4. The van der Waals surface area contributed by atoms with Crippen LogP contribution in [0.25, 0.3) is 0 Å². The smallest absolute Gasteiger partial charge is 0.270 e. The van der Waals surface area contributed by atoms with Crippen molar-refractivity contribution in [3.8, 4) is 5.75 Å². The molecular weight excluding hydrogens is 418 g/mol. The van der Waals surface area contributed by atoms with Gasteiger partial charge in [0.2, 0.25) is 0 Å². The van der Waals surface area contributed by atoms with Crippen LogP contribution in [0.2, 0.25) is 0 Å². The normalized spacial score (nSPS) is 20.5. The van der Waals surface area contributed by atoms with Gasteiger partial charge in [-0.05, 0) is 61.2 Å². The molecule has 0 spiro atoms. The number of nitrogens with zero attached hydrogens (tertiary/aromatic N) is 1. The first kappa shape index (κ1) is 20.8. The van der Waals surface area contributed by atoms with Crippen LogP contribution in [0.3, 0.4) is 0 Å². The minimum Gasteiger partial charge on any atom is -0.508 e. The number of anilines is 2. The van der Waals surface area contributed by atoms with Crippen molar-refractivity contribution in [1.29, 1.82) is 0 Å². The number of nitro groups is 1. The number of hydrogen-bond acceptors (Lipinski definition) is 5. The van der Waals surface area contributed by atoms with Gasteiger partial charge in [-0.2, -0.15) is 0 Å². The molecule has 3 aromatic rings. The number of carbonyl (C=O) groups excluding carboxylic acids is 1. The Kier molecular flexibility index (Phi) is 5.09. The minimum absolute atomic E-state index is 0.0363. The number of aromatic hydroxyl groups is 1. The zero-order chi connectivity index (χ0) is 23.1. The van der Waals surface area contributed by atoms with Gasteiger partial charge in [0, 0.05) is 40.6 Å². The van der Waals surface area contributed by atoms with Crippen LogP contribution in [0.4, 0.5) is 17.1 Å². The Morgan fingerprint density at radius 1 is 1.12 bits per heavy atom. The van der Waals surface area contributed by atoms with Gasteiger partial charge in [-0.1, -0.05) is 29.8 Å². The van der Waals surface area contributed by atoms with Crippen LogP contribution in [0.5, 0.6) is 5.75 Å². The van der Waals surface area contributed by atoms with Gasteiger partial charge in [-0.25, -0.2) is 0 Å². The van der Waals surface area contributed by atoms with Crippen LogP contribution in [-0.2, 0) is 0 Å². The van der Waals surface area contributed by atoms with Crippen molar-refractivity contribution in [2.75, 3.05) is 10.6 Å². The molecule has 1 aliphatic carbocycles. The summed E-state index contributed by atoms with van der Waals surface area (Å²) in [6.07, 6.45) is 5.02. The first-order chi connectivity index (χ1) is 15.9. The molecule has 1 amide bonds. The average Bonchev–Trinajstić information content (AvgIpc) is 3.29. The lowest BCUT2D eigenvalue weighted by Gasteiger charge is -2.37. The second-order valence-electron chi connectivity index (χ2n) is 8.60. The number of nitro benzene ring substituents is 1. The number of benzene rings is 3. The number of hydrogen-bond donors (Lipinski definition) is 3. The third-order valence-electron chi connectivity index (χ3n) is 6.46. The van der Waals surface area contributed by atoms with Gasteiger partial charge in [0.1, 0.15) is 5.75 Å². The fourth-order valence-electron chi connectivity index (χ4n) is 4.87. The number of aryl methyl sites for hydroxylation is 1. The number of fused-ring (bicyclic) bond motifs is 3. The Hall–Kier alpha value is -4.13. The molecule has 1 heterocycles. The van der Waals surface area contributed by atoms with Gasteiger partial charge in [-0.3, -0.25) is 14.9 Å². The molecule has 7 nitrogen and oxygen atoms in total. The largest absolute Gasteiger partial charge is 0.508 e. The van der Waals surface area contributed by atoms with Gasteiger partial charge in [0.25, 0.3) is 11.6 Å². The maximum atomic E-state index is 12.7. The quantitative estimate of drug-likeness (QED) is 0.274. The number of allylic oxidation sites excluding steroid dienone is 2. The van der Waals surface area contributed by atoms with Crippen molar-refractivity contribution in [3.05, 3.63) is 105 Å². The van der Waals surface area contributed by atoms with E-state index in [9.17, 15) is 20.0 Å². The second-order valence-corrected chi connectivity index (χ2v) is 8.60. The van der Waals surface area contributed by atoms with Gasteiger partial charge < -0.3 is 15.7 Å². The second kappa shape index (κ2) is 8.09. The summed E-state index contributed by atoms with van der Waals surface area (Å²) in [5, 5.41) is 28.2. The fraction of sp³-hybridized carbons (Fsp3) is 0.192. The summed E-state index contributed by atoms with van der Waals surface area (Å²) in [5.41, 5.74) is 4.73. The van der Waals surface area contributed by atoms with E-state index < -0.39 is 4.92 Å². The standard InChI is InChI=1S/C26H23N3O4/c1-15-4-2-5-16(12-15)26(31)27-17-8-10-23-21(13-17)19-6-3-7-20(19)25(28-23)22-14-18(29(32)33)9-11-24(22)30/h2-6,8-14,19-20,25,28,30H,7H2,1H3,(H,27,31). The molecule has 0 saturated heterocycles. The Bertz CT molecular complexity index is 1300. The van der Waals surface area contributed by atoms with Gasteiger partial charge in [0.15, 0.2) is 0 Å². The molecule has 166 valence electrons. The van der Waals surface area contributed by atoms with Crippen molar-refractivity contribution in [2.24, 2.45) is 5.92 Å². The van der Waals surface area contributed by atoms with E-state index in [4.69, 9.17) is 0 Å². The predicted octanol–water partition coefficient (Wildman–Crippen LogP) is 5.69. The highest BCUT2D eigenvalue weighted by atomic mass is 16.6. The van der Waals surface area contributed by atoms with Crippen LogP contribution in [0, 0.1) is 23.0 Å². The average molecular weight is 441 g/mol. The fourth-order valence-corrected chi connectivity index (χ4v) is 4.87. The number of rotatable bonds is 4. The van der Waals surface area contributed by atoms with Crippen molar-refractivity contribution in [1.82, 2.24) is 0 Å². The van der Waals surface area contributed by atoms with Crippen LogP contribution < -0.4 is 10.6 Å². The molecule has 5 rings (SSSR count). The number of nitrogens with one attached hydrogen (secondary N) is 2. The SMILES string of the molecule is Cc1cccc(C(=O)Nc2ccc3c(c2)C2C=CCC2C(c2cc([N+](=O)[O-])ccc2O)N3)c1. The van der Waals surface area contributed by atoms with Crippen LogP contribution in [-0.4, -0.2) is 15.9 Å². The molecule has 0 radical (unpaired) electrons. The van der Waals surface area contributed by atoms with E-state index in [-0.39, 0.29) is 35.2 Å². The van der Waals surface area contributed by atoms with Crippen LogP contribution >= 0.6 is 0 Å². The first-order valence-electron chi connectivity index (χ1n) is 10.8. The van der Waals surface area contributed by atoms with E-state index in [0.29, 0.717) is 16.8 Å². The Morgan fingerprint density at radius 2 is 1.97 bits per heavy atom. The predicted molar refractivity (Wildman–Crippen MR) is 127 cm³/mol. The topological polar surface area (TPSA) is 104 Å². The number of phenols is 1. The van der Waals surface area contributed by atoms with E-state index in [0.717, 1.165) is 23.2 Å². The number of phenolic OH excluding ortho intramolecular Hbond substituents is 1. The number of carbonyl (C=O) groups is 1. The molecule has 2 aliphatic rings. The van der Waals surface area contributed by atoms with E-state index in [1.807, 2.05) is 43.3 Å². The lowest BCUT2D eigenvalue weighted by atomic mass is 9.76. The molecule has 33 heavy (non-hydrogen) atoms. The molecule has 0 aromatic heterocycles. The zero-order valence-corrected chi connectivity index (χ0v) is 18.0. The van der Waals surface area contributed by atoms with E-state index in [2.05, 4.69) is 22.8 Å². The third kappa shape index (κ3) is 3.82. The summed E-state index contributed by atoms with van der Waals surface area (Å²) < 4.78 is 0. The van der Waals surface area contributed by atoms with Gasteiger partial charge in [0.05, 0.1) is 11.0 Å². The van der Waals surface area contributed by atoms with E-state index in [1.165, 1.54) is 18.2 Å². The van der Waals surface area contributed by atoms with Crippen molar-refractivity contribution < 1.29 is 14.8 Å². The van der Waals surface area contributed by atoms with Crippen LogP contribution in [0.1, 0.15) is 45.4 Å². The molecule has 1 aliphatic heterocycles. The number of amides is 1. The molecule has 3 atom stereocenters. The summed E-state index contributed by atoms with van der Waals surface area (Å²) in [6, 6.07) is 17.0. The molecule has 7 heteroatoms. The third-order valence-corrected chi connectivity index (χ3v) is 6.46. The Labute approximate surface area is 190 Å². The summed E-state index contributed by atoms with van der Waals surface area (Å²) in [6.45, 7) is 1.95. The molecule has 3 unspecified atom stereocenters. The van der Waals surface area contributed by atoms with E-state index in [1.54, 1.807) is 6.07 Å². The molecule has 3 N–H and O–H groups in total. The summed E-state index contributed by atoms with van der Waals surface area (Å²) in [4.78, 5) is 23.5.